The average Bonchev–Trinajstić information content (AvgIpc) is 3.15. The van der Waals surface area contributed by atoms with Gasteiger partial charge in [0.25, 0.3) is 0 Å². The summed E-state index contributed by atoms with van der Waals surface area (Å²) in [4.78, 5) is 11.2. The second-order valence-electron chi connectivity index (χ2n) is 5.40. The van der Waals surface area contributed by atoms with Crippen molar-refractivity contribution < 1.29 is 23.1 Å². The molecule has 0 aliphatic heterocycles. The van der Waals surface area contributed by atoms with Crippen LogP contribution in [0, 0.1) is 0 Å². The molecule has 0 aromatic heterocycles. The summed E-state index contributed by atoms with van der Waals surface area (Å²) in [6.45, 7) is 0. The Labute approximate surface area is 118 Å². The normalized spacial score (nSPS) is 18.4. The van der Waals surface area contributed by atoms with Gasteiger partial charge in [-0.2, -0.15) is 0 Å². The van der Waals surface area contributed by atoms with Crippen LogP contribution in [0.1, 0.15) is 30.1 Å². The van der Waals surface area contributed by atoms with Gasteiger partial charge in [-0.15, -0.1) is 0 Å². The first-order valence-corrected chi connectivity index (χ1v) is 8.37. The number of aliphatic hydroxyl groups is 1. The molecular weight excluding hydrogens is 280 g/mol. The zero-order chi connectivity index (χ0) is 15.0. The number of benzene rings is 1. The number of esters is 1. The number of sulfone groups is 1. The fourth-order valence-corrected chi connectivity index (χ4v) is 3.89. The number of ether oxygens (including phenoxy) is 1. The minimum Gasteiger partial charge on any atom is -0.467 e. The topological polar surface area (TPSA) is 80.7 Å². The molecule has 5 nitrogen and oxygen atoms in total. The minimum atomic E-state index is -3.03. The van der Waals surface area contributed by atoms with Crippen LogP contribution in [-0.2, 0) is 24.8 Å². The molecule has 1 aliphatic carbocycles. The fraction of sp³-hybridized carbons (Fsp3) is 0.500. The SMILES string of the molecule is COC(=O)C(O)c1ccc(C2(CS(C)(=O)=O)CC2)cc1. The lowest BCUT2D eigenvalue weighted by molar-refractivity contribution is -0.150. The van der Waals surface area contributed by atoms with Crippen molar-refractivity contribution in [2.75, 3.05) is 19.1 Å². The molecule has 1 aromatic rings. The molecule has 1 aromatic carbocycles. The maximum absolute atomic E-state index is 11.5. The molecule has 0 amide bonds. The molecule has 1 N–H and O–H groups in total. The van der Waals surface area contributed by atoms with Crippen LogP contribution in [-0.4, -0.2) is 38.6 Å². The predicted molar refractivity (Wildman–Crippen MR) is 74.0 cm³/mol. The maximum atomic E-state index is 11.5. The van der Waals surface area contributed by atoms with Gasteiger partial charge in [0.05, 0.1) is 12.9 Å². The molecule has 0 radical (unpaired) electrons. The van der Waals surface area contributed by atoms with Gasteiger partial charge in [0.2, 0.25) is 0 Å². The third kappa shape index (κ3) is 3.19. The molecule has 1 unspecified atom stereocenters. The van der Waals surface area contributed by atoms with Gasteiger partial charge in [-0.3, -0.25) is 0 Å². The molecule has 1 atom stereocenters. The van der Waals surface area contributed by atoms with Crippen LogP contribution >= 0.6 is 0 Å². The number of methoxy groups -OCH3 is 1. The van der Waals surface area contributed by atoms with E-state index in [0.717, 1.165) is 18.4 Å². The third-order valence-corrected chi connectivity index (χ3v) is 4.73. The molecule has 6 heteroatoms. The number of rotatable bonds is 5. The standard InChI is InChI=1S/C14H18O5S/c1-19-13(16)12(15)10-3-5-11(6-4-10)14(7-8-14)9-20(2,17)18/h3-6,12,15H,7-9H2,1-2H3. The van der Waals surface area contributed by atoms with Crippen LogP contribution < -0.4 is 0 Å². The smallest absolute Gasteiger partial charge is 0.339 e. The van der Waals surface area contributed by atoms with Gasteiger partial charge >= 0.3 is 5.97 Å². The number of carbonyl (C=O) groups excluding carboxylic acids is 1. The summed E-state index contributed by atoms with van der Waals surface area (Å²) in [5.74, 6) is -0.575. The molecule has 1 aliphatic rings. The first-order chi connectivity index (χ1) is 9.27. The van der Waals surface area contributed by atoms with Crippen molar-refractivity contribution >= 4 is 15.8 Å². The van der Waals surface area contributed by atoms with Crippen LogP contribution in [0.4, 0.5) is 0 Å². The van der Waals surface area contributed by atoms with Crippen LogP contribution in [0.15, 0.2) is 24.3 Å². The predicted octanol–water partition coefficient (Wildman–Crippen LogP) is 0.969. The van der Waals surface area contributed by atoms with Crippen LogP contribution in [0.5, 0.6) is 0 Å². The van der Waals surface area contributed by atoms with Crippen molar-refractivity contribution in [2.24, 2.45) is 0 Å². The Morgan fingerprint density at radius 3 is 2.30 bits per heavy atom. The molecule has 2 rings (SSSR count). The van der Waals surface area contributed by atoms with E-state index in [1.807, 2.05) is 0 Å². The Kier molecular flexibility index (Phi) is 3.88. The second-order valence-corrected chi connectivity index (χ2v) is 7.54. The summed E-state index contributed by atoms with van der Waals surface area (Å²) in [5, 5.41) is 9.71. The van der Waals surface area contributed by atoms with Gasteiger partial charge in [-0.1, -0.05) is 24.3 Å². The lowest BCUT2D eigenvalue weighted by Crippen LogP contribution is -2.20. The molecule has 0 saturated heterocycles. The molecule has 0 bridgehead atoms. The summed E-state index contributed by atoms with van der Waals surface area (Å²) in [6, 6.07) is 6.83. The van der Waals surface area contributed by atoms with E-state index in [-0.39, 0.29) is 11.2 Å². The zero-order valence-corrected chi connectivity index (χ0v) is 12.3. The van der Waals surface area contributed by atoms with E-state index >= 15 is 0 Å². The van der Waals surface area contributed by atoms with E-state index in [1.54, 1.807) is 24.3 Å². The van der Waals surface area contributed by atoms with Crippen molar-refractivity contribution in [1.29, 1.82) is 0 Å². The van der Waals surface area contributed by atoms with Crippen molar-refractivity contribution in [3.63, 3.8) is 0 Å². The van der Waals surface area contributed by atoms with E-state index in [2.05, 4.69) is 4.74 Å². The van der Waals surface area contributed by atoms with Crippen molar-refractivity contribution in [1.82, 2.24) is 0 Å². The number of hydrogen-bond acceptors (Lipinski definition) is 5. The Morgan fingerprint density at radius 1 is 1.35 bits per heavy atom. The van der Waals surface area contributed by atoms with Crippen LogP contribution in [0.3, 0.4) is 0 Å². The zero-order valence-electron chi connectivity index (χ0n) is 11.5. The summed E-state index contributed by atoms with van der Waals surface area (Å²) < 4.78 is 27.4. The number of carbonyl (C=O) groups is 1. The molecule has 1 fully saturated rings. The fourth-order valence-electron chi connectivity index (χ4n) is 2.44. The maximum Gasteiger partial charge on any atom is 0.339 e. The second kappa shape index (κ2) is 5.18. The van der Waals surface area contributed by atoms with Crippen LogP contribution in [0.2, 0.25) is 0 Å². The highest BCUT2D eigenvalue weighted by Gasteiger charge is 2.46. The van der Waals surface area contributed by atoms with Gasteiger partial charge in [0, 0.05) is 11.7 Å². The Morgan fingerprint density at radius 2 is 1.90 bits per heavy atom. The molecular formula is C14H18O5S. The minimum absolute atomic E-state index is 0.138. The van der Waals surface area contributed by atoms with E-state index in [9.17, 15) is 18.3 Å². The monoisotopic (exact) mass is 298 g/mol. The number of hydrogen-bond donors (Lipinski definition) is 1. The van der Waals surface area contributed by atoms with Gasteiger partial charge in [-0.05, 0) is 24.0 Å². The largest absolute Gasteiger partial charge is 0.467 e. The van der Waals surface area contributed by atoms with Gasteiger partial charge < -0.3 is 9.84 Å². The lowest BCUT2D eigenvalue weighted by Gasteiger charge is -2.16. The lowest BCUT2D eigenvalue weighted by atomic mass is 9.96. The summed E-state index contributed by atoms with van der Waals surface area (Å²) in [7, 11) is -1.82. The van der Waals surface area contributed by atoms with Gasteiger partial charge in [-0.25, -0.2) is 13.2 Å². The van der Waals surface area contributed by atoms with Crippen molar-refractivity contribution in [3.8, 4) is 0 Å². The molecule has 0 heterocycles. The van der Waals surface area contributed by atoms with Gasteiger partial charge in [0.1, 0.15) is 9.84 Å². The first kappa shape index (κ1) is 15.0. The molecule has 20 heavy (non-hydrogen) atoms. The van der Waals surface area contributed by atoms with E-state index in [0.29, 0.717) is 5.56 Å². The molecule has 0 spiro atoms. The highest BCUT2D eigenvalue weighted by atomic mass is 32.2. The van der Waals surface area contributed by atoms with Crippen LogP contribution in [0.25, 0.3) is 0 Å². The summed E-state index contributed by atoms with van der Waals surface area (Å²) in [5.41, 5.74) is 1.09. The highest BCUT2D eigenvalue weighted by Crippen LogP contribution is 2.49. The number of aliphatic hydroxyl groups excluding tert-OH is 1. The van der Waals surface area contributed by atoms with Crippen molar-refractivity contribution in [3.05, 3.63) is 35.4 Å². The van der Waals surface area contributed by atoms with E-state index < -0.39 is 21.9 Å². The Hall–Kier alpha value is -1.40. The highest BCUT2D eigenvalue weighted by molar-refractivity contribution is 7.90. The summed E-state index contributed by atoms with van der Waals surface area (Å²) >= 11 is 0. The molecule has 110 valence electrons. The van der Waals surface area contributed by atoms with Crippen molar-refractivity contribution in [2.45, 2.75) is 24.4 Å². The molecule has 1 saturated carbocycles. The summed E-state index contributed by atoms with van der Waals surface area (Å²) in [6.07, 6.45) is 1.62. The quantitative estimate of drug-likeness (QED) is 0.819. The first-order valence-electron chi connectivity index (χ1n) is 6.31. The van der Waals surface area contributed by atoms with E-state index in [1.165, 1.54) is 13.4 Å². The van der Waals surface area contributed by atoms with E-state index in [4.69, 9.17) is 0 Å². The average molecular weight is 298 g/mol. The third-order valence-electron chi connectivity index (χ3n) is 3.66. The Balaban J connectivity index is 2.19. The Bertz CT molecular complexity index is 599. The van der Waals surface area contributed by atoms with Gasteiger partial charge in [0.15, 0.2) is 6.10 Å².